The highest BCUT2D eigenvalue weighted by Crippen LogP contribution is 2.24. The van der Waals surface area contributed by atoms with Crippen molar-refractivity contribution >= 4 is 39.5 Å². The van der Waals surface area contributed by atoms with E-state index >= 15 is 0 Å². The van der Waals surface area contributed by atoms with E-state index in [0.29, 0.717) is 6.42 Å². The molecule has 6 heteroatoms. The molecule has 1 unspecified atom stereocenters. The summed E-state index contributed by atoms with van der Waals surface area (Å²) >= 11 is 16.7. The maximum absolute atomic E-state index is 5.56. The minimum atomic E-state index is -3.02. The van der Waals surface area contributed by atoms with Gasteiger partial charge in [-0.2, -0.15) is 0 Å². The summed E-state index contributed by atoms with van der Waals surface area (Å²) in [5.41, 5.74) is 0. The minimum absolute atomic E-state index is 0.0799. The van der Waals surface area contributed by atoms with Gasteiger partial charge in [0.15, 0.2) is 6.29 Å². The zero-order valence-corrected chi connectivity index (χ0v) is 10.6. The predicted octanol–water partition coefficient (Wildman–Crippen LogP) is 3.32. The van der Waals surface area contributed by atoms with E-state index in [2.05, 4.69) is 0 Å². The summed E-state index contributed by atoms with van der Waals surface area (Å²) in [4.78, 5) is 0. The van der Waals surface area contributed by atoms with Crippen molar-refractivity contribution in [3.8, 4) is 0 Å². The van der Waals surface area contributed by atoms with Crippen molar-refractivity contribution in [2.24, 2.45) is 0 Å². The average Bonchev–Trinajstić information content (AvgIpc) is 1.82. The Hall–Kier alpha value is 1.01. The van der Waals surface area contributed by atoms with Crippen LogP contribution in [0.4, 0.5) is 0 Å². The van der Waals surface area contributed by atoms with Crippen LogP contribution in [0.2, 0.25) is 0 Å². The SMILES string of the molecule is CCC(OC(C)C)O[Si](Cl)(Cl)Cl. The van der Waals surface area contributed by atoms with Gasteiger partial charge in [-0.3, -0.25) is 0 Å². The Morgan fingerprint density at radius 3 is 2.00 bits per heavy atom. The lowest BCUT2D eigenvalue weighted by molar-refractivity contribution is -0.109. The van der Waals surface area contributed by atoms with Crippen LogP contribution in [0, 0.1) is 0 Å². The Kier molecular flexibility index (Phi) is 6.15. The van der Waals surface area contributed by atoms with Crippen molar-refractivity contribution in [2.75, 3.05) is 0 Å². The topological polar surface area (TPSA) is 18.5 Å². The summed E-state index contributed by atoms with van der Waals surface area (Å²) in [5.74, 6) is 0. The zero-order chi connectivity index (χ0) is 9.78. The number of ether oxygens (including phenoxy) is 1. The van der Waals surface area contributed by atoms with Crippen molar-refractivity contribution in [1.29, 1.82) is 0 Å². The summed E-state index contributed by atoms with van der Waals surface area (Å²) in [5, 5.41) is 0. The fourth-order valence-corrected chi connectivity index (χ4v) is 2.07. The summed E-state index contributed by atoms with van der Waals surface area (Å²) in [7, 11) is 0. The number of hydrogen-bond donors (Lipinski definition) is 0. The molecule has 0 aliphatic heterocycles. The fraction of sp³-hybridized carbons (Fsp3) is 1.00. The molecule has 0 fully saturated rings. The first-order valence-corrected chi connectivity index (χ1v) is 8.69. The van der Waals surface area contributed by atoms with Crippen LogP contribution in [-0.4, -0.2) is 18.6 Å². The van der Waals surface area contributed by atoms with E-state index in [9.17, 15) is 0 Å². The Morgan fingerprint density at radius 1 is 1.25 bits per heavy atom. The van der Waals surface area contributed by atoms with Gasteiger partial charge in [0.2, 0.25) is 0 Å². The molecule has 0 amide bonds. The van der Waals surface area contributed by atoms with Crippen molar-refractivity contribution in [3.63, 3.8) is 0 Å². The average molecular weight is 252 g/mol. The molecule has 0 aromatic heterocycles. The van der Waals surface area contributed by atoms with Crippen LogP contribution in [0.1, 0.15) is 27.2 Å². The molecule has 2 nitrogen and oxygen atoms in total. The predicted molar refractivity (Wildman–Crippen MR) is 54.7 cm³/mol. The van der Waals surface area contributed by atoms with Gasteiger partial charge in [-0.1, -0.05) is 40.2 Å². The molecule has 0 heterocycles. The van der Waals surface area contributed by atoms with Crippen LogP contribution >= 0.6 is 33.2 Å². The second-order valence-corrected chi connectivity index (χ2v) is 10.2. The van der Waals surface area contributed by atoms with Gasteiger partial charge in [0.05, 0.1) is 6.10 Å². The lowest BCUT2D eigenvalue weighted by Crippen LogP contribution is -2.29. The Labute approximate surface area is 88.3 Å². The molecule has 0 spiro atoms. The molecule has 0 N–H and O–H groups in total. The second-order valence-electron chi connectivity index (χ2n) is 2.59. The number of halogens is 3. The molecule has 0 aromatic rings. The molecule has 0 saturated carbocycles. The fourth-order valence-electron chi connectivity index (χ4n) is 0.660. The first kappa shape index (κ1) is 13.0. The van der Waals surface area contributed by atoms with Crippen LogP contribution in [0.3, 0.4) is 0 Å². The normalized spacial score (nSPS) is 15.2. The Morgan fingerprint density at radius 2 is 1.75 bits per heavy atom. The van der Waals surface area contributed by atoms with E-state index < -0.39 is 12.5 Å². The summed E-state index contributed by atoms with van der Waals surface area (Å²) in [6.45, 7) is 5.73. The smallest absolute Gasteiger partial charge is 0.354 e. The standard InChI is InChI=1S/C6H13Cl3O2Si/c1-4-6(10-5(2)3)11-12(7,8)9/h5-6H,4H2,1-3H3. The molecule has 0 bridgehead atoms. The van der Waals surface area contributed by atoms with E-state index in [1.54, 1.807) is 0 Å². The molecule has 0 aliphatic rings. The first-order valence-electron chi connectivity index (χ1n) is 3.75. The van der Waals surface area contributed by atoms with Crippen molar-refractivity contribution < 1.29 is 9.16 Å². The van der Waals surface area contributed by atoms with Gasteiger partial charge in [0, 0.05) is 0 Å². The molecular weight excluding hydrogens is 239 g/mol. The Bertz CT molecular complexity index is 126. The zero-order valence-electron chi connectivity index (χ0n) is 7.31. The summed E-state index contributed by atoms with van der Waals surface area (Å²) in [6.07, 6.45) is -2.66. The quantitative estimate of drug-likeness (QED) is 0.424. The van der Waals surface area contributed by atoms with Gasteiger partial charge in [0.1, 0.15) is 0 Å². The Balaban J connectivity index is 3.83. The van der Waals surface area contributed by atoms with Gasteiger partial charge in [-0.15, -0.1) is 0 Å². The van der Waals surface area contributed by atoms with Gasteiger partial charge >= 0.3 is 6.25 Å². The molecule has 0 rings (SSSR count). The maximum Gasteiger partial charge on any atom is 0.495 e. The van der Waals surface area contributed by atoms with Crippen LogP contribution in [0.15, 0.2) is 0 Å². The third-order valence-electron chi connectivity index (χ3n) is 1.02. The summed E-state index contributed by atoms with van der Waals surface area (Å²) < 4.78 is 10.4. The van der Waals surface area contributed by atoms with Gasteiger partial charge in [-0.25, -0.2) is 0 Å². The molecule has 0 saturated heterocycles. The van der Waals surface area contributed by atoms with Crippen molar-refractivity contribution in [1.82, 2.24) is 0 Å². The van der Waals surface area contributed by atoms with Gasteiger partial charge in [0.25, 0.3) is 0 Å². The maximum atomic E-state index is 5.56. The minimum Gasteiger partial charge on any atom is -0.354 e. The molecule has 0 aliphatic carbocycles. The van der Waals surface area contributed by atoms with E-state index in [1.165, 1.54) is 0 Å². The monoisotopic (exact) mass is 250 g/mol. The highest BCUT2D eigenvalue weighted by molar-refractivity contribution is 7.62. The molecule has 0 aromatic carbocycles. The lowest BCUT2D eigenvalue weighted by atomic mass is 10.4. The molecule has 74 valence electrons. The molecule has 1 atom stereocenters. The third kappa shape index (κ3) is 7.65. The van der Waals surface area contributed by atoms with Crippen molar-refractivity contribution in [3.05, 3.63) is 0 Å². The van der Waals surface area contributed by atoms with Gasteiger partial charge < -0.3 is 9.16 Å². The van der Waals surface area contributed by atoms with Crippen molar-refractivity contribution in [2.45, 2.75) is 39.6 Å². The molecule has 12 heavy (non-hydrogen) atoms. The lowest BCUT2D eigenvalue weighted by Gasteiger charge is -2.22. The van der Waals surface area contributed by atoms with Crippen LogP contribution < -0.4 is 0 Å². The van der Waals surface area contributed by atoms with E-state index in [4.69, 9.17) is 42.4 Å². The van der Waals surface area contributed by atoms with E-state index in [-0.39, 0.29) is 6.10 Å². The molecular formula is C6H13Cl3O2Si. The van der Waals surface area contributed by atoms with E-state index in [0.717, 1.165) is 0 Å². The third-order valence-corrected chi connectivity index (χ3v) is 2.35. The van der Waals surface area contributed by atoms with Crippen LogP contribution in [0.5, 0.6) is 0 Å². The second kappa shape index (κ2) is 5.68. The highest BCUT2D eigenvalue weighted by atomic mass is 35.8. The highest BCUT2D eigenvalue weighted by Gasteiger charge is 2.31. The molecule has 0 radical (unpaired) electrons. The first-order chi connectivity index (χ1) is 5.35. The number of rotatable bonds is 5. The van der Waals surface area contributed by atoms with Crippen LogP contribution in [-0.2, 0) is 9.16 Å². The largest absolute Gasteiger partial charge is 0.495 e. The van der Waals surface area contributed by atoms with E-state index in [1.807, 2.05) is 20.8 Å². The number of hydrogen-bond acceptors (Lipinski definition) is 2. The van der Waals surface area contributed by atoms with Crippen LogP contribution in [0.25, 0.3) is 0 Å². The summed E-state index contributed by atoms with van der Waals surface area (Å²) in [6, 6.07) is 0. The van der Waals surface area contributed by atoms with Gasteiger partial charge in [-0.05, 0) is 20.3 Å².